The summed E-state index contributed by atoms with van der Waals surface area (Å²) in [7, 11) is 5.14. The number of likely N-dealkylation sites (tertiary alicyclic amines) is 1. The molecule has 0 atom stereocenters. The van der Waals surface area contributed by atoms with Gasteiger partial charge in [-0.1, -0.05) is 6.07 Å². The number of rotatable bonds is 8. The van der Waals surface area contributed by atoms with Gasteiger partial charge in [-0.05, 0) is 25.0 Å². The number of ether oxygens (including phenoxy) is 1. The van der Waals surface area contributed by atoms with E-state index in [9.17, 15) is 4.79 Å². The van der Waals surface area contributed by atoms with Crippen LogP contribution in [0.5, 0.6) is 0 Å². The number of hydrogen-bond donors (Lipinski definition) is 2. The molecule has 1 aliphatic rings. The summed E-state index contributed by atoms with van der Waals surface area (Å²) >= 11 is 0. The zero-order valence-electron chi connectivity index (χ0n) is 17.1. The first-order chi connectivity index (χ1) is 13.1. The number of carbonyl (C=O) groups excluding carboxylic acids is 1. The lowest BCUT2D eigenvalue weighted by Gasteiger charge is -2.33. The van der Waals surface area contributed by atoms with Crippen molar-refractivity contribution < 1.29 is 9.53 Å². The van der Waals surface area contributed by atoms with Crippen LogP contribution in [0.4, 0.5) is 0 Å². The topological polar surface area (TPSA) is 82.1 Å². The van der Waals surface area contributed by atoms with Crippen LogP contribution in [0.1, 0.15) is 18.5 Å². The molecule has 2 heterocycles. The highest BCUT2D eigenvalue weighted by atomic mass is 127. The second-order valence-corrected chi connectivity index (χ2v) is 6.89. The molecule has 8 nitrogen and oxygen atoms in total. The lowest BCUT2D eigenvalue weighted by molar-refractivity contribution is -0.127. The van der Waals surface area contributed by atoms with Gasteiger partial charge in [0, 0.05) is 59.6 Å². The van der Waals surface area contributed by atoms with E-state index in [1.807, 2.05) is 18.3 Å². The van der Waals surface area contributed by atoms with Gasteiger partial charge in [-0.3, -0.25) is 14.7 Å². The summed E-state index contributed by atoms with van der Waals surface area (Å²) in [5.74, 6) is 0.651. The molecule has 2 rings (SSSR count). The highest BCUT2D eigenvalue weighted by molar-refractivity contribution is 14.0. The number of guanidine groups is 1. The summed E-state index contributed by atoms with van der Waals surface area (Å²) in [5, 5.41) is 6.70. The van der Waals surface area contributed by atoms with E-state index >= 15 is 0 Å². The monoisotopic (exact) mass is 504 g/mol. The summed E-state index contributed by atoms with van der Waals surface area (Å²) < 4.78 is 5.08. The van der Waals surface area contributed by atoms with Gasteiger partial charge >= 0.3 is 0 Å². The molecule has 0 saturated carbocycles. The first-order valence-electron chi connectivity index (χ1n) is 9.44. The largest absolute Gasteiger partial charge is 0.383 e. The highest BCUT2D eigenvalue weighted by Gasteiger charge is 2.20. The quantitative estimate of drug-likeness (QED) is 0.237. The molecule has 1 aromatic rings. The number of amides is 1. The van der Waals surface area contributed by atoms with Crippen molar-refractivity contribution in [2.45, 2.75) is 25.4 Å². The van der Waals surface area contributed by atoms with Crippen molar-refractivity contribution in [3.8, 4) is 0 Å². The molecule has 0 radical (unpaired) electrons. The van der Waals surface area contributed by atoms with Crippen LogP contribution in [-0.4, -0.2) is 86.7 Å². The Bertz CT molecular complexity index is 591. The number of nitrogens with one attached hydrogen (secondary N) is 2. The van der Waals surface area contributed by atoms with Gasteiger partial charge in [0.25, 0.3) is 0 Å². The highest BCUT2D eigenvalue weighted by Crippen LogP contribution is 2.12. The molecular weight excluding hydrogens is 471 g/mol. The molecule has 1 aromatic heterocycles. The van der Waals surface area contributed by atoms with E-state index in [0.29, 0.717) is 25.2 Å². The van der Waals surface area contributed by atoms with E-state index < -0.39 is 0 Å². The standard InChI is InChI=1S/C19H32N6O2.HI/c1-24(2)18(26)14-22-19(21-10-13-27-3)23-16-7-11-25(12-8-16)15-17-6-4-5-9-20-17;/h4-6,9,16H,7-8,10-15H2,1-3H3,(H2,21,22,23);1H. The van der Waals surface area contributed by atoms with Crippen molar-refractivity contribution >= 4 is 35.8 Å². The van der Waals surface area contributed by atoms with Gasteiger partial charge in [-0.15, -0.1) is 24.0 Å². The summed E-state index contributed by atoms with van der Waals surface area (Å²) in [4.78, 5) is 24.6. The maximum Gasteiger partial charge on any atom is 0.243 e. The number of likely N-dealkylation sites (N-methyl/N-ethyl adjacent to an activating group) is 1. The number of halogens is 1. The molecule has 0 spiro atoms. The zero-order chi connectivity index (χ0) is 19.5. The molecule has 28 heavy (non-hydrogen) atoms. The predicted octanol–water partition coefficient (Wildman–Crippen LogP) is 0.934. The smallest absolute Gasteiger partial charge is 0.243 e. The second-order valence-electron chi connectivity index (χ2n) is 6.89. The van der Waals surface area contributed by atoms with E-state index in [0.717, 1.165) is 38.2 Å². The third kappa shape index (κ3) is 9.16. The Balaban J connectivity index is 0.00000392. The van der Waals surface area contributed by atoms with E-state index in [-0.39, 0.29) is 36.4 Å². The third-order valence-corrected chi connectivity index (χ3v) is 4.51. The third-order valence-electron chi connectivity index (χ3n) is 4.51. The number of aliphatic imine (C=N–C) groups is 1. The molecule has 2 N–H and O–H groups in total. The first kappa shape index (κ1) is 24.6. The fourth-order valence-corrected chi connectivity index (χ4v) is 2.86. The van der Waals surface area contributed by atoms with Gasteiger partial charge in [0.1, 0.15) is 6.54 Å². The average Bonchev–Trinajstić information content (AvgIpc) is 2.68. The van der Waals surface area contributed by atoms with Crippen molar-refractivity contribution in [3.63, 3.8) is 0 Å². The molecule has 0 aromatic carbocycles. The SMILES string of the molecule is COCCNC(=NCC(=O)N(C)C)NC1CCN(Cc2ccccn2)CC1.I. The lowest BCUT2D eigenvalue weighted by Crippen LogP contribution is -2.49. The Labute approximate surface area is 185 Å². The number of carbonyl (C=O) groups is 1. The van der Waals surface area contributed by atoms with Crippen molar-refractivity contribution in [1.29, 1.82) is 0 Å². The van der Waals surface area contributed by atoms with Crippen LogP contribution in [0.3, 0.4) is 0 Å². The van der Waals surface area contributed by atoms with Gasteiger partial charge in [-0.25, -0.2) is 4.99 Å². The predicted molar refractivity (Wildman–Crippen MR) is 122 cm³/mol. The molecule has 9 heteroatoms. The average molecular weight is 504 g/mol. The molecule has 1 amide bonds. The normalized spacial score (nSPS) is 15.6. The molecule has 0 bridgehead atoms. The van der Waals surface area contributed by atoms with Crippen LogP contribution in [0.2, 0.25) is 0 Å². The van der Waals surface area contributed by atoms with Crippen LogP contribution in [-0.2, 0) is 16.1 Å². The lowest BCUT2D eigenvalue weighted by atomic mass is 10.0. The van der Waals surface area contributed by atoms with Crippen LogP contribution in [0.25, 0.3) is 0 Å². The van der Waals surface area contributed by atoms with E-state index in [1.165, 1.54) is 0 Å². The molecule has 0 unspecified atom stereocenters. The minimum absolute atomic E-state index is 0. The molecule has 158 valence electrons. The maximum absolute atomic E-state index is 11.8. The fourth-order valence-electron chi connectivity index (χ4n) is 2.86. The number of pyridine rings is 1. The van der Waals surface area contributed by atoms with Crippen LogP contribution in [0, 0.1) is 0 Å². The van der Waals surface area contributed by atoms with E-state index in [1.54, 1.807) is 26.1 Å². The van der Waals surface area contributed by atoms with E-state index in [2.05, 4.69) is 31.6 Å². The molecule has 1 fully saturated rings. The Morgan fingerprint density at radius 2 is 2.11 bits per heavy atom. The Kier molecular flexibility index (Phi) is 12.0. The van der Waals surface area contributed by atoms with Gasteiger partial charge in [-0.2, -0.15) is 0 Å². The first-order valence-corrected chi connectivity index (χ1v) is 9.44. The summed E-state index contributed by atoms with van der Waals surface area (Å²) in [6, 6.07) is 6.38. The van der Waals surface area contributed by atoms with Crippen LogP contribution < -0.4 is 10.6 Å². The second kappa shape index (κ2) is 13.7. The summed E-state index contributed by atoms with van der Waals surface area (Å²) in [6.45, 7) is 4.28. The van der Waals surface area contributed by atoms with Crippen molar-refractivity contribution in [2.75, 3.05) is 54.0 Å². The minimum atomic E-state index is -0.0204. The number of methoxy groups -OCH3 is 1. The number of piperidine rings is 1. The number of nitrogens with zero attached hydrogens (tertiary/aromatic N) is 4. The minimum Gasteiger partial charge on any atom is -0.383 e. The molecule has 1 saturated heterocycles. The maximum atomic E-state index is 11.8. The Morgan fingerprint density at radius 1 is 1.36 bits per heavy atom. The Hall–Kier alpha value is -1.46. The van der Waals surface area contributed by atoms with Gasteiger partial charge in [0.05, 0.1) is 12.3 Å². The molecular formula is C19H33IN6O2. The van der Waals surface area contributed by atoms with Crippen molar-refractivity contribution in [3.05, 3.63) is 30.1 Å². The summed E-state index contributed by atoms with van der Waals surface area (Å²) in [5.41, 5.74) is 1.11. The van der Waals surface area contributed by atoms with Crippen LogP contribution in [0.15, 0.2) is 29.4 Å². The van der Waals surface area contributed by atoms with Crippen molar-refractivity contribution in [1.82, 2.24) is 25.4 Å². The summed E-state index contributed by atoms with van der Waals surface area (Å²) in [6.07, 6.45) is 3.89. The Morgan fingerprint density at radius 3 is 2.71 bits per heavy atom. The molecule has 0 aliphatic carbocycles. The van der Waals surface area contributed by atoms with Gasteiger partial charge in [0.2, 0.25) is 5.91 Å². The van der Waals surface area contributed by atoms with Gasteiger partial charge in [0.15, 0.2) is 5.96 Å². The van der Waals surface area contributed by atoms with Gasteiger partial charge < -0.3 is 20.3 Å². The number of hydrogen-bond acceptors (Lipinski definition) is 5. The zero-order valence-corrected chi connectivity index (χ0v) is 19.4. The number of aromatic nitrogens is 1. The van der Waals surface area contributed by atoms with Crippen LogP contribution >= 0.6 is 24.0 Å². The molecule has 1 aliphatic heterocycles. The van der Waals surface area contributed by atoms with Crippen molar-refractivity contribution in [2.24, 2.45) is 4.99 Å². The fraction of sp³-hybridized carbons (Fsp3) is 0.632. The van der Waals surface area contributed by atoms with E-state index in [4.69, 9.17) is 4.74 Å².